The van der Waals surface area contributed by atoms with E-state index < -0.39 is 0 Å². The van der Waals surface area contributed by atoms with Gasteiger partial charge in [-0.15, -0.1) is 0 Å². The molecule has 1 aromatic rings. The molecule has 1 saturated heterocycles. The first kappa shape index (κ1) is 15.3. The Hall–Kier alpha value is -1.06. The van der Waals surface area contributed by atoms with Gasteiger partial charge < -0.3 is 15.1 Å². The lowest BCUT2D eigenvalue weighted by Gasteiger charge is -2.33. The third-order valence-electron chi connectivity index (χ3n) is 4.11. The minimum Gasteiger partial charge on any atom is -0.384 e. The van der Waals surface area contributed by atoms with Gasteiger partial charge in [0, 0.05) is 25.3 Å². The summed E-state index contributed by atoms with van der Waals surface area (Å²) < 4.78 is 0. The molecule has 0 spiro atoms. The molecule has 1 N–H and O–H groups in total. The third kappa shape index (κ3) is 5.14. The molecule has 0 aliphatic carbocycles. The third-order valence-corrected chi connectivity index (χ3v) is 4.11. The maximum absolute atomic E-state index is 3.53. The summed E-state index contributed by atoms with van der Waals surface area (Å²) in [5.41, 5.74) is 2.56. The highest BCUT2D eigenvalue weighted by Crippen LogP contribution is 2.17. The van der Waals surface area contributed by atoms with Gasteiger partial charge in [-0.1, -0.05) is 12.1 Å². The molecule has 0 unspecified atom stereocenters. The molecule has 1 heterocycles. The van der Waals surface area contributed by atoms with Crippen molar-refractivity contribution in [3.63, 3.8) is 0 Å². The van der Waals surface area contributed by atoms with Crippen molar-refractivity contribution in [2.75, 3.05) is 52.1 Å². The summed E-state index contributed by atoms with van der Waals surface area (Å²) in [5, 5.41) is 3.53. The summed E-state index contributed by atoms with van der Waals surface area (Å²) in [6, 6.07) is 8.62. The Labute approximate surface area is 124 Å². The average molecular weight is 275 g/mol. The molecule has 1 aliphatic rings. The lowest BCUT2D eigenvalue weighted by molar-refractivity contribution is 0.167. The fourth-order valence-electron chi connectivity index (χ4n) is 3.02. The summed E-state index contributed by atoms with van der Waals surface area (Å²) in [5.74, 6) is 0.894. The molecular formula is C17H29N3. The van der Waals surface area contributed by atoms with Gasteiger partial charge in [0.25, 0.3) is 0 Å². The molecule has 1 fully saturated rings. The second-order valence-corrected chi connectivity index (χ2v) is 6.34. The van der Waals surface area contributed by atoms with Gasteiger partial charge in [-0.05, 0) is 70.6 Å². The van der Waals surface area contributed by atoms with Crippen LogP contribution in [0, 0.1) is 12.8 Å². The predicted molar refractivity (Wildman–Crippen MR) is 87.4 cm³/mol. The Morgan fingerprint density at radius 1 is 1.25 bits per heavy atom. The van der Waals surface area contributed by atoms with Gasteiger partial charge in [0.2, 0.25) is 0 Å². The number of piperidine rings is 1. The molecule has 0 aromatic heterocycles. The van der Waals surface area contributed by atoms with Crippen LogP contribution in [0.25, 0.3) is 0 Å². The predicted octanol–water partition coefficient (Wildman–Crippen LogP) is 2.68. The van der Waals surface area contributed by atoms with E-state index in [2.05, 4.69) is 60.4 Å². The average Bonchev–Trinajstić information content (AvgIpc) is 2.40. The van der Waals surface area contributed by atoms with Crippen molar-refractivity contribution in [1.29, 1.82) is 0 Å². The van der Waals surface area contributed by atoms with Crippen LogP contribution in [0.5, 0.6) is 0 Å². The number of aryl methyl sites for hydroxylation is 1. The number of likely N-dealkylation sites (tertiary alicyclic amines) is 1. The van der Waals surface area contributed by atoms with E-state index in [4.69, 9.17) is 0 Å². The van der Waals surface area contributed by atoms with Gasteiger partial charge >= 0.3 is 0 Å². The topological polar surface area (TPSA) is 18.5 Å². The zero-order chi connectivity index (χ0) is 14.4. The molecule has 0 bridgehead atoms. The van der Waals surface area contributed by atoms with Crippen LogP contribution in [0.1, 0.15) is 18.4 Å². The van der Waals surface area contributed by atoms with Crippen LogP contribution >= 0.6 is 0 Å². The Balaban J connectivity index is 1.64. The van der Waals surface area contributed by atoms with E-state index in [1.165, 1.54) is 43.7 Å². The largest absolute Gasteiger partial charge is 0.384 e. The Kier molecular flexibility index (Phi) is 5.86. The summed E-state index contributed by atoms with van der Waals surface area (Å²) in [6.07, 6.45) is 2.70. The zero-order valence-corrected chi connectivity index (χ0v) is 13.2. The molecule has 20 heavy (non-hydrogen) atoms. The normalized spacial score (nSPS) is 17.6. The van der Waals surface area contributed by atoms with E-state index in [0.29, 0.717) is 0 Å². The number of hydrogen-bond donors (Lipinski definition) is 1. The van der Waals surface area contributed by atoms with E-state index in [1.807, 2.05) is 0 Å². The number of nitrogens with zero attached hydrogens (tertiary/aromatic N) is 2. The number of rotatable bonds is 6. The van der Waals surface area contributed by atoms with Crippen molar-refractivity contribution < 1.29 is 0 Å². The van der Waals surface area contributed by atoms with Gasteiger partial charge in [0.15, 0.2) is 0 Å². The van der Waals surface area contributed by atoms with Gasteiger partial charge in [-0.2, -0.15) is 0 Å². The summed E-state index contributed by atoms with van der Waals surface area (Å²) in [7, 11) is 4.36. The molecular weight excluding hydrogens is 246 g/mol. The highest BCUT2D eigenvalue weighted by molar-refractivity contribution is 5.45. The maximum atomic E-state index is 3.53. The second kappa shape index (κ2) is 7.65. The van der Waals surface area contributed by atoms with Crippen molar-refractivity contribution in [3.05, 3.63) is 29.8 Å². The highest BCUT2D eigenvalue weighted by atomic mass is 15.1. The van der Waals surface area contributed by atoms with Gasteiger partial charge in [-0.3, -0.25) is 0 Å². The monoisotopic (exact) mass is 275 g/mol. The SMILES string of the molecule is Cc1cccc(NCCN2CCC(CN(C)C)CC2)c1. The van der Waals surface area contributed by atoms with Crippen LogP contribution in [-0.2, 0) is 0 Å². The first-order valence-corrected chi connectivity index (χ1v) is 7.81. The maximum Gasteiger partial charge on any atom is 0.0343 e. The van der Waals surface area contributed by atoms with Crippen LogP contribution in [0.15, 0.2) is 24.3 Å². The van der Waals surface area contributed by atoms with Crippen molar-refractivity contribution in [1.82, 2.24) is 9.80 Å². The van der Waals surface area contributed by atoms with Crippen molar-refractivity contribution in [2.24, 2.45) is 5.92 Å². The molecule has 3 nitrogen and oxygen atoms in total. The highest BCUT2D eigenvalue weighted by Gasteiger charge is 2.18. The lowest BCUT2D eigenvalue weighted by atomic mass is 9.96. The molecule has 2 rings (SSSR count). The summed E-state index contributed by atoms with van der Waals surface area (Å²) in [6.45, 7) is 8.10. The first-order chi connectivity index (χ1) is 9.63. The molecule has 1 aliphatic heterocycles. The quantitative estimate of drug-likeness (QED) is 0.861. The van der Waals surface area contributed by atoms with Gasteiger partial charge in [0.1, 0.15) is 0 Å². The van der Waals surface area contributed by atoms with Crippen LogP contribution < -0.4 is 5.32 Å². The van der Waals surface area contributed by atoms with Crippen LogP contribution in [0.4, 0.5) is 5.69 Å². The zero-order valence-electron chi connectivity index (χ0n) is 13.2. The number of hydrogen-bond acceptors (Lipinski definition) is 3. The number of nitrogens with one attached hydrogen (secondary N) is 1. The molecule has 1 aromatic carbocycles. The van der Waals surface area contributed by atoms with Gasteiger partial charge in [0.05, 0.1) is 0 Å². The molecule has 3 heteroatoms. The first-order valence-electron chi connectivity index (χ1n) is 7.81. The van der Waals surface area contributed by atoms with Crippen LogP contribution in [-0.4, -0.2) is 56.6 Å². The second-order valence-electron chi connectivity index (χ2n) is 6.34. The number of anilines is 1. The van der Waals surface area contributed by atoms with Crippen LogP contribution in [0.2, 0.25) is 0 Å². The van der Waals surface area contributed by atoms with E-state index in [1.54, 1.807) is 0 Å². The van der Waals surface area contributed by atoms with E-state index in [-0.39, 0.29) is 0 Å². The molecule has 0 saturated carbocycles. The molecule has 0 amide bonds. The van der Waals surface area contributed by atoms with Crippen molar-refractivity contribution >= 4 is 5.69 Å². The van der Waals surface area contributed by atoms with E-state index in [0.717, 1.165) is 19.0 Å². The smallest absolute Gasteiger partial charge is 0.0343 e. The Morgan fingerprint density at radius 3 is 2.65 bits per heavy atom. The van der Waals surface area contributed by atoms with Crippen LogP contribution in [0.3, 0.4) is 0 Å². The van der Waals surface area contributed by atoms with E-state index in [9.17, 15) is 0 Å². The minimum atomic E-state index is 0.894. The van der Waals surface area contributed by atoms with Crippen molar-refractivity contribution in [3.8, 4) is 0 Å². The molecule has 0 atom stereocenters. The van der Waals surface area contributed by atoms with Gasteiger partial charge in [-0.25, -0.2) is 0 Å². The van der Waals surface area contributed by atoms with E-state index >= 15 is 0 Å². The molecule has 0 radical (unpaired) electrons. The fourth-order valence-corrected chi connectivity index (χ4v) is 3.02. The summed E-state index contributed by atoms with van der Waals surface area (Å²) in [4.78, 5) is 4.91. The Morgan fingerprint density at radius 2 is 2.00 bits per heavy atom. The van der Waals surface area contributed by atoms with Crippen molar-refractivity contribution in [2.45, 2.75) is 19.8 Å². The standard InChI is InChI=1S/C17H29N3/c1-15-5-4-6-17(13-15)18-9-12-20-10-7-16(8-11-20)14-19(2)3/h4-6,13,16,18H,7-12,14H2,1-3H3. The lowest BCUT2D eigenvalue weighted by Crippen LogP contribution is -2.39. The summed E-state index contributed by atoms with van der Waals surface area (Å²) >= 11 is 0. The number of benzene rings is 1. The molecule has 112 valence electrons. The fraction of sp³-hybridized carbons (Fsp3) is 0.647. The minimum absolute atomic E-state index is 0.894. The Bertz CT molecular complexity index is 395.